The average molecular weight is 234 g/mol. The van der Waals surface area contributed by atoms with Crippen LogP contribution in [0.3, 0.4) is 0 Å². The molecule has 1 aromatic heterocycles. The molecular formula is C12H14N2OS. The summed E-state index contributed by atoms with van der Waals surface area (Å²) in [5.41, 5.74) is 3.87. The lowest BCUT2D eigenvalue weighted by Gasteiger charge is -2.13. The fourth-order valence-electron chi connectivity index (χ4n) is 1.41. The lowest BCUT2D eigenvalue weighted by Crippen LogP contribution is -2.29. The van der Waals surface area contributed by atoms with E-state index in [9.17, 15) is 0 Å². The van der Waals surface area contributed by atoms with Gasteiger partial charge in [0.2, 0.25) is 0 Å². The number of thioether (sulfide) groups is 1. The zero-order valence-electron chi connectivity index (χ0n) is 8.80. The maximum absolute atomic E-state index is 5.52. The Hall–Kier alpha value is -1.23. The second-order valence-corrected chi connectivity index (χ2v) is 4.49. The van der Waals surface area contributed by atoms with Crippen LogP contribution in [0.2, 0.25) is 0 Å². The van der Waals surface area contributed by atoms with Gasteiger partial charge in [0.1, 0.15) is 0 Å². The number of nitrogens with one attached hydrogen (secondary N) is 1. The smallest absolute Gasteiger partial charge is 0.0951 e. The van der Waals surface area contributed by atoms with Crippen LogP contribution in [-0.2, 0) is 0 Å². The molecule has 0 radical (unpaired) electrons. The van der Waals surface area contributed by atoms with Gasteiger partial charge in [-0.1, -0.05) is 18.2 Å². The molecule has 84 valence electrons. The first-order valence-corrected chi connectivity index (χ1v) is 6.05. The number of furan rings is 1. The summed E-state index contributed by atoms with van der Waals surface area (Å²) in [4.78, 5) is 1.24. The Kier molecular flexibility index (Phi) is 4.04. The first-order valence-electron chi connectivity index (χ1n) is 5.06. The van der Waals surface area contributed by atoms with Crippen molar-refractivity contribution in [1.29, 1.82) is 0 Å². The van der Waals surface area contributed by atoms with E-state index >= 15 is 0 Å². The summed E-state index contributed by atoms with van der Waals surface area (Å²) >= 11 is 1.77. The first-order chi connectivity index (χ1) is 7.90. The topological polar surface area (TPSA) is 51.2 Å². The standard InChI is InChI=1S/C12H14N2OS/c13-14-12(10-6-7-15-8-10)9-16-11-4-2-1-3-5-11/h1-8,12,14H,9,13H2. The molecule has 16 heavy (non-hydrogen) atoms. The predicted octanol–water partition coefficient (Wildman–Crippen LogP) is 2.58. The molecule has 1 atom stereocenters. The molecule has 2 rings (SSSR count). The Bertz CT molecular complexity index is 402. The first kappa shape index (κ1) is 11.3. The van der Waals surface area contributed by atoms with Crippen LogP contribution in [0.4, 0.5) is 0 Å². The van der Waals surface area contributed by atoms with E-state index < -0.39 is 0 Å². The molecule has 3 N–H and O–H groups in total. The summed E-state index contributed by atoms with van der Waals surface area (Å²) in [7, 11) is 0. The molecular weight excluding hydrogens is 220 g/mol. The number of benzene rings is 1. The SMILES string of the molecule is NNC(CSc1ccccc1)c1ccoc1. The highest BCUT2D eigenvalue weighted by Crippen LogP contribution is 2.24. The third kappa shape index (κ3) is 2.88. The van der Waals surface area contributed by atoms with Crippen molar-refractivity contribution in [3.63, 3.8) is 0 Å². The number of nitrogens with two attached hydrogens (primary N) is 1. The van der Waals surface area contributed by atoms with E-state index in [0.29, 0.717) is 0 Å². The van der Waals surface area contributed by atoms with Crippen molar-refractivity contribution < 1.29 is 4.42 Å². The molecule has 2 aromatic rings. The monoisotopic (exact) mass is 234 g/mol. The Balaban J connectivity index is 1.94. The van der Waals surface area contributed by atoms with Crippen LogP contribution in [0, 0.1) is 0 Å². The lowest BCUT2D eigenvalue weighted by atomic mass is 10.2. The fourth-order valence-corrected chi connectivity index (χ4v) is 2.41. The zero-order chi connectivity index (χ0) is 11.2. The average Bonchev–Trinajstić information content (AvgIpc) is 2.85. The number of rotatable bonds is 5. The second kappa shape index (κ2) is 5.75. The second-order valence-electron chi connectivity index (χ2n) is 3.40. The largest absolute Gasteiger partial charge is 0.472 e. The van der Waals surface area contributed by atoms with E-state index in [1.165, 1.54) is 4.90 Å². The van der Waals surface area contributed by atoms with Crippen molar-refractivity contribution in [1.82, 2.24) is 5.43 Å². The third-order valence-corrected chi connectivity index (χ3v) is 3.41. The highest BCUT2D eigenvalue weighted by Gasteiger charge is 2.10. The van der Waals surface area contributed by atoms with Crippen LogP contribution in [0.25, 0.3) is 0 Å². The molecule has 0 spiro atoms. The number of hydrogen-bond acceptors (Lipinski definition) is 4. The summed E-state index contributed by atoms with van der Waals surface area (Å²) in [6.45, 7) is 0. The van der Waals surface area contributed by atoms with Crippen LogP contribution < -0.4 is 11.3 Å². The molecule has 0 fully saturated rings. The van der Waals surface area contributed by atoms with Crippen LogP contribution >= 0.6 is 11.8 Å². The molecule has 0 amide bonds. The maximum atomic E-state index is 5.52. The van der Waals surface area contributed by atoms with Crippen molar-refractivity contribution in [2.45, 2.75) is 10.9 Å². The molecule has 0 aliphatic heterocycles. The van der Waals surface area contributed by atoms with Gasteiger partial charge in [-0.3, -0.25) is 11.3 Å². The molecule has 0 saturated heterocycles. The molecule has 1 aromatic carbocycles. The van der Waals surface area contributed by atoms with Gasteiger partial charge in [-0.2, -0.15) is 0 Å². The molecule has 0 saturated carbocycles. The van der Waals surface area contributed by atoms with Crippen molar-refractivity contribution in [2.24, 2.45) is 5.84 Å². The highest BCUT2D eigenvalue weighted by molar-refractivity contribution is 7.99. The summed E-state index contributed by atoms with van der Waals surface area (Å²) in [6, 6.07) is 12.3. The van der Waals surface area contributed by atoms with Crippen LogP contribution in [0.5, 0.6) is 0 Å². The third-order valence-electron chi connectivity index (χ3n) is 2.31. The van der Waals surface area contributed by atoms with Crippen molar-refractivity contribution >= 4 is 11.8 Å². The number of hydrogen-bond donors (Lipinski definition) is 2. The Morgan fingerprint density at radius 3 is 2.69 bits per heavy atom. The van der Waals surface area contributed by atoms with Crippen molar-refractivity contribution in [3.8, 4) is 0 Å². The van der Waals surface area contributed by atoms with Crippen molar-refractivity contribution in [2.75, 3.05) is 5.75 Å². The normalized spacial score (nSPS) is 12.6. The van der Waals surface area contributed by atoms with E-state index in [2.05, 4.69) is 17.6 Å². The molecule has 1 unspecified atom stereocenters. The molecule has 4 heteroatoms. The summed E-state index contributed by atoms with van der Waals surface area (Å²) in [5, 5.41) is 0. The van der Waals surface area contributed by atoms with Crippen LogP contribution in [0.1, 0.15) is 11.6 Å². The van der Waals surface area contributed by atoms with Gasteiger partial charge >= 0.3 is 0 Å². The molecule has 0 aliphatic rings. The Labute approximate surface area is 99.0 Å². The molecule has 0 aliphatic carbocycles. The minimum atomic E-state index is 0.115. The Morgan fingerprint density at radius 1 is 1.25 bits per heavy atom. The summed E-state index contributed by atoms with van der Waals surface area (Å²) in [5.74, 6) is 6.40. The van der Waals surface area contributed by atoms with E-state index in [1.807, 2.05) is 24.3 Å². The van der Waals surface area contributed by atoms with Gasteiger partial charge in [-0.05, 0) is 18.2 Å². The van der Waals surface area contributed by atoms with Gasteiger partial charge in [0.05, 0.1) is 18.6 Å². The fraction of sp³-hybridized carbons (Fsp3) is 0.167. The van der Waals surface area contributed by atoms with Gasteiger partial charge in [0.15, 0.2) is 0 Å². The molecule has 1 heterocycles. The van der Waals surface area contributed by atoms with Gasteiger partial charge in [-0.15, -0.1) is 11.8 Å². The van der Waals surface area contributed by atoms with E-state index in [0.717, 1.165) is 11.3 Å². The van der Waals surface area contributed by atoms with Gasteiger partial charge < -0.3 is 4.42 Å². The predicted molar refractivity (Wildman–Crippen MR) is 65.9 cm³/mol. The van der Waals surface area contributed by atoms with E-state index in [1.54, 1.807) is 24.3 Å². The van der Waals surface area contributed by atoms with Crippen LogP contribution in [0.15, 0.2) is 58.2 Å². The van der Waals surface area contributed by atoms with Crippen molar-refractivity contribution in [3.05, 3.63) is 54.5 Å². The Morgan fingerprint density at radius 2 is 2.06 bits per heavy atom. The van der Waals surface area contributed by atoms with E-state index in [-0.39, 0.29) is 6.04 Å². The summed E-state index contributed by atoms with van der Waals surface area (Å²) in [6.07, 6.45) is 3.38. The van der Waals surface area contributed by atoms with Gasteiger partial charge in [0, 0.05) is 16.2 Å². The zero-order valence-corrected chi connectivity index (χ0v) is 9.61. The van der Waals surface area contributed by atoms with E-state index in [4.69, 9.17) is 10.3 Å². The quantitative estimate of drug-likeness (QED) is 0.474. The maximum Gasteiger partial charge on any atom is 0.0951 e. The summed E-state index contributed by atoms with van der Waals surface area (Å²) < 4.78 is 5.04. The van der Waals surface area contributed by atoms with Crippen LogP contribution in [-0.4, -0.2) is 5.75 Å². The molecule has 0 bridgehead atoms. The number of hydrazine groups is 1. The van der Waals surface area contributed by atoms with Gasteiger partial charge in [-0.25, -0.2) is 0 Å². The minimum absolute atomic E-state index is 0.115. The highest BCUT2D eigenvalue weighted by atomic mass is 32.2. The lowest BCUT2D eigenvalue weighted by molar-refractivity contribution is 0.548. The minimum Gasteiger partial charge on any atom is -0.472 e. The molecule has 3 nitrogen and oxygen atoms in total. The van der Waals surface area contributed by atoms with Gasteiger partial charge in [0.25, 0.3) is 0 Å².